The van der Waals surface area contributed by atoms with Crippen LogP contribution in [0.3, 0.4) is 0 Å². The maximum absolute atomic E-state index is 12.8. The summed E-state index contributed by atoms with van der Waals surface area (Å²) in [4.78, 5) is 19.3. The van der Waals surface area contributed by atoms with E-state index < -0.39 is 0 Å². The molecule has 0 bridgehead atoms. The van der Waals surface area contributed by atoms with E-state index in [-0.39, 0.29) is 11.9 Å². The van der Waals surface area contributed by atoms with Gasteiger partial charge in [-0.25, -0.2) is 4.98 Å². The summed E-state index contributed by atoms with van der Waals surface area (Å²) in [7, 11) is 1.93. The fourth-order valence-electron chi connectivity index (χ4n) is 3.21. The molecule has 1 amide bonds. The van der Waals surface area contributed by atoms with Crippen LogP contribution in [-0.2, 0) is 0 Å². The third-order valence-corrected chi connectivity index (χ3v) is 5.52. The van der Waals surface area contributed by atoms with Gasteiger partial charge in [0.2, 0.25) is 0 Å². The predicted molar refractivity (Wildman–Crippen MR) is 99.6 cm³/mol. The van der Waals surface area contributed by atoms with Gasteiger partial charge in [-0.3, -0.25) is 4.79 Å². The molecule has 0 aliphatic carbocycles. The maximum Gasteiger partial charge on any atom is 0.273 e. The number of thiazole rings is 1. The lowest BCUT2D eigenvalue weighted by atomic mass is 10.0. The van der Waals surface area contributed by atoms with E-state index >= 15 is 0 Å². The summed E-state index contributed by atoms with van der Waals surface area (Å²) in [5.74, 6) is 0.584. The van der Waals surface area contributed by atoms with Crippen LogP contribution < -0.4 is 5.32 Å². The molecule has 3 rings (SSSR count). The summed E-state index contributed by atoms with van der Waals surface area (Å²) in [6, 6.07) is 8.78. The molecule has 2 heterocycles. The first-order valence-electron chi connectivity index (χ1n) is 8.61. The van der Waals surface area contributed by atoms with E-state index in [4.69, 9.17) is 0 Å². The number of aromatic nitrogens is 1. The second-order valence-electron chi connectivity index (χ2n) is 6.67. The van der Waals surface area contributed by atoms with E-state index in [1.54, 1.807) is 11.3 Å². The van der Waals surface area contributed by atoms with Crippen molar-refractivity contribution in [1.29, 1.82) is 0 Å². The Labute approximate surface area is 147 Å². The summed E-state index contributed by atoms with van der Waals surface area (Å²) in [5.41, 5.74) is 2.97. The highest BCUT2D eigenvalue weighted by atomic mass is 32.1. The molecule has 1 saturated heterocycles. The lowest BCUT2D eigenvalue weighted by Crippen LogP contribution is -2.40. The zero-order valence-corrected chi connectivity index (χ0v) is 15.4. The Kier molecular flexibility index (Phi) is 5.31. The molecule has 4 nitrogen and oxygen atoms in total. The van der Waals surface area contributed by atoms with Gasteiger partial charge in [-0.15, -0.1) is 11.3 Å². The third-order valence-electron chi connectivity index (χ3n) is 4.63. The first-order chi connectivity index (χ1) is 11.6. The highest BCUT2D eigenvalue weighted by Gasteiger charge is 2.30. The van der Waals surface area contributed by atoms with Crippen LogP contribution in [0, 0.1) is 0 Å². The van der Waals surface area contributed by atoms with Gasteiger partial charge in [0.1, 0.15) is 10.7 Å². The molecule has 1 N–H and O–H groups in total. The number of nitrogens with one attached hydrogen (secondary N) is 1. The quantitative estimate of drug-likeness (QED) is 0.899. The Morgan fingerprint density at radius 1 is 1.38 bits per heavy atom. The van der Waals surface area contributed by atoms with Gasteiger partial charge >= 0.3 is 0 Å². The van der Waals surface area contributed by atoms with Crippen molar-refractivity contribution in [3.63, 3.8) is 0 Å². The minimum absolute atomic E-state index is 0.0639. The molecule has 1 aliphatic rings. The van der Waals surface area contributed by atoms with E-state index in [2.05, 4.69) is 48.4 Å². The van der Waals surface area contributed by atoms with E-state index in [0.717, 1.165) is 36.5 Å². The number of rotatable bonds is 5. The molecule has 1 unspecified atom stereocenters. The molecule has 128 valence electrons. The van der Waals surface area contributed by atoms with Crippen molar-refractivity contribution in [1.82, 2.24) is 15.2 Å². The molecule has 0 spiro atoms. The Morgan fingerprint density at radius 3 is 2.79 bits per heavy atom. The van der Waals surface area contributed by atoms with Crippen LogP contribution in [0.4, 0.5) is 0 Å². The zero-order valence-electron chi connectivity index (χ0n) is 14.6. The van der Waals surface area contributed by atoms with E-state index in [0.29, 0.717) is 11.6 Å². The molecule has 1 aromatic heterocycles. The number of hydrogen-bond acceptors (Lipinski definition) is 4. The second kappa shape index (κ2) is 7.45. The largest absolute Gasteiger partial charge is 0.333 e. The smallest absolute Gasteiger partial charge is 0.273 e. The first kappa shape index (κ1) is 17.1. The molecule has 1 aromatic carbocycles. The molecule has 0 radical (unpaired) electrons. The molecular weight excluding hydrogens is 318 g/mol. The molecule has 1 atom stereocenters. The predicted octanol–water partition coefficient (Wildman–Crippen LogP) is 3.76. The van der Waals surface area contributed by atoms with Crippen molar-refractivity contribution >= 4 is 17.2 Å². The molecule has 5 heteroatoms. The van der Waals surface area contributed by atoms with Crippen molar-refractivity contribution < 1.29 is 4.79 Å². The highest BCUT2D eigenvalue weighted by Crippen LogP contribution is 2.27. The first-order valence-corrected chi connectivity index (χ1v) is 9.49. The molecule has 1 aliphatic heterocycles. The standard InChI is InChI=1S/C19H25N3OS/c1-13(2)14-6-8-15(9-7-14)18-21-17(12-24-18)19(23)22-10-4-5-16(22)11-20-3/h6-9,12-13,16,20H,4-5,10-11H2,1-3H3. The number of benzene rings is 1. The summed E-state index contributed by atoms with van der Waals surface area (Å²) < 4.78 is 0. The van der Waals surface area contributed by atoms with Crippen LogP contribution in [0.5, 0.6) is 0 Å². The van der Waals surface area contributed by atoms with Crippen LogP contribution in [0.25, 0.3) is 10.6 Å². The molecule has 1 fully saturated rings. The number of likely N-dealkylation sites (tertiary alicyclic amines) is 1. The van der Waals surface area contributed by atoms with Gasteiger partial charge < -0.3 is 10.2 Å². The van der Waals surface area contributed by atoms with Crippen LogP contribution in [0.1, 0.15) is 48.7 Å². The van der Waals surface area contributed by atoms with Crippen molar-refractivity contribution in [3.8, 4) is 10.6 Å². The average molecular weight is 343 g/mol. The number of amides is 1. The van der Waals surface area contributed by atoms with Gasteiger partial charge in [0.15, 0.2) is 0 Å². The fraction of sp³-hybridized carbons (Fsp3) is 0.474. The van der Waals surface area contributed by atoms with E-state index in [1.165, 1.54) is 5.56 Å². The monoisotopic (exact) mass is 343 g/mol. The van der Waals surface area contributed by atoms with Crippen LogP contribution in [0.15, 0.2) is 29.6 Å². The molecule has 24 heavy (non-hydrogen) atoms. The highest BCUT2D eigenvalue weighted by molar-refractivity contribution is 7.13. The lowest BCUT2D eigenvalue weighted by molar-refractivity contribution is 0.0732. The van der Waals surface area contributed by atoms with Gasteiger partial charge in [-0.1, -0.05) is 38.1 Å². The van der Waals surface area contributed by atoms with Crippen molar-refractivity contribution in [2.24, 2.45) is 0 Å². The van der Waals surface area contributed by atoms with E-state index in [9.17, 15) is 4.79 Å². The summed E-state index contributed by atoms with van der Waals surface area (Å²) >= 11 is 1.54. The summed E-state index contributed by atoms with van der Waals surface area (Å²) in [6.45, 7) is 6.06. The van der Waals surface area contributed by atoms with Crippen molar-refractivity contribution in [3.05, 3.63) is 40.9 Å². The van der Waals surface area contributed by atoms with Gasteiger partial charge in [-0.2, -0.15) is 0 Å². The normalized spacial score (nSPS) is 17.7. The molecule has 2 aromatic rings. The van der Waals surface area contributed by atoms with Gasteiger partial charge in [-0.05, 0) is 31.4 Å². The number of likely N-dealkylation sites (N-methyl/N-ethyl adjacent to an activating group) is 1. The van der Waals surface area contributed by atoms with E-state index in [1.807, 2.05) is 17.3 Å². The van der Waals surface area contributed by atoms with Gasteiger partial charge in [0, 0.05) is 30.1 Å². The fourth-order valence-corrected chi connectivity index (χ4v) is 4.01. The Balaban J connectivity index is 1.76. The van der Waals surface area contributed by atoms with Crippen LogP contribution in [-0.4, -0.2) is 42.0 Å². The van der Waals surface area contributed by atoms with Gasteiger partial charge in [0.25, 0.3) is 5.91 Å². The Morgan fingerprint density at radius 2 is 2.12 bits per heavy atom. The minimum atomic E-state index is 0.0639. The topological polar surface area (TPSA) is 45.2 Å². The van der Waals surface area contributed by atoms with Gasteiger partial charge in [0.05, 0.1) is 0 Å². The number of carbonyl (C=O) groups is 1. The zero-order chi connectivity index (χ0) is 17.1. The average Bonchev–Trinajstić information content (AvgIpc) is 3.24. The number of hydrogen-bond donors (Lipinski definition) is 1. The van der Waals surface area contributed by atoms with Crippen molar-refractivity contribution in [2.45, 2.75) is 38.6 Å². The van der Waals surface area contributed by atoms with Crippen molar-refractivity contribution in [2.75, 3.05) is 20.1 Å². The maximum atomic E-state index is 12.8. The number of nitrogens with zero attached hydrogens (tertiary/aromatic N) is 2. The Bertz CT molecular complexity index is 693. The van der Waals surface area contributed by atoms with Crippen LogP contribution in [0.2, 0.25) is 0 Å². The molecular formula is C19H25N3OS. The lowest BCUT2D eigenvalue weighted by Gasteiger charge is -2.23. The second-order valence-corrected chi connectivity index (χ2v) is 7.52. The SMILES string of the molecule is CNCC1CCCN1C(=O)c1csc(-c2ccc(C(C)C)cc2)n1. The Hall–Kier alpha value is -1.72. The minimum Gasteiger partial charge on any atom is -0.333 e. The summed E-state index contributed by atoms with van der Waals surface area (Å²) in [5, 5.41) is 5.99. The van der Waals surface area contributed by atoms with Crippen LogP contribution >= 0.6 is 11.3 Å². The summed E-state index contributed by atoms with van der Waals surface area (Å²) in [6.07, 6.45) is 2.14. The molecule has 0 saturated carbocycles. The number of carbonyl (C=O) groups excluding carboxylic acids is 1. The third kappa shape index (κ3) is 3.52.